The molecule has 0 fully saturated rings. The van der Waals surface area contributed by atoms with Gasteiger partial charge in [0.1, 0.15) is 4.88 Å². The monoisotopic (exact) mass is 298 g/mol. The molecule has 0 bridgehead atoms. The van der Waals surface area contributed by atoms with Crippen molar-refractivity contribution in [2.75, 3.05) is 6.54 Å². The summed E-state index contributed by atoms with van der Waals surface area (Å²) in [5, 5.41) is 14.1. The highest BCUT2D eigenvalue weighted by molar-refractivity contribution is 7.15. The number of thiophene rings is 1. The molecule has 1 aromatic heterocycles. The van der Waals surface area contributed by atoms with Gasteiger partial charge in [0, 0.05) is 18.5 Å². The summed E-state index contributed by atoms with van der Waals surface area (Å²) in [6.07, 6.45) is 0.181. The van der Waals surface area contributed by atoms with Crippen LogP contribution in [0.2, 0.25) is 0 Å². The first-order valence-corrected chi connectivity index (χ1v) is 6.93. The van der Waals surface area contributed by atoms with Crippen molar-refractivity contribution in [1.29, 1.82) is 0 Å². The zero-order valence-corrected chi connectivity index (χ0v) is 12.5. The van der Waals surface area contributed by atoms with E-state index in [9.17, 15) is 14.4 Å². The van der Waals surface area contributed by atoms with E-state index in [0.717, 1.165) is 11.3 Å². The van der Waals surface area contributed by atoms with Crippen LogP contribution in [0.1, 0.15) is 46.5 Å². The summed E-state index contributed by atoms with van der Waals surface area (Å²) >= 11 is 0.906. The van der Waals surface area contributed by atoms with Crippen molar-refractivity contribution in [3.8, 4) is 0 Å². The Morgan fingerprint density at radius 2 is 1.80 bits per heavy atom. The molecule has 6 nitrogen and oxygen atoms in total. The molecule has 0 aliphatic rings. The SMILES string of the molecule is CC(C)(C)NC(=O)CCNC(=O)c1ccc(C(=O)O)s1. The Morgan fingerprint density at radius 1 is 1.20 bits per heavy atom. The number of rotatable bonds is 5. The lowest BCUT2D eigenvalue weighted by atomic mass is 10.1. The molecule has 0 radical (unpaired) electrons. The first kappa shape index (κ1) is 16.2. The predicted octanol–water partition coefficient (Wildman–Crippen LogP) is 1.48. The lowest BCUT2D eigenvalue weighted by molar-refractivity contribution is -0.122. The summed E-state index contributed by atoms with van der Waals surface area (Å²) in [5.74, 6) is -1.57. The van der Waals surface area contributed by atoms with Gasteiger partial charge in [0.15, 0.2) is 0 Å². The number of hydrogen-bond donors (Lipinski definition) is 3. The van der Waals surface area contributed by atoms with E-state index in [1.165, 1.54) is 12.1 Å². The third-order valence-corrected chi connectivity index (χ3v) is 3.26. The number of carbonyl (C=O) groups excluding carboxylic acids is 2. The molecule has 0 saturated carbocycles. The second-order valence-electron chi connectivity index (χ2n) is 5.27. The van der Waals surface area contributed by atoms with Gasteiger partial charge < -0.3 is 15.7 Å². The smallest absolute Gasteiger partial charge is 0.345 e. The van der Waals surface area contributed by atoms with Crippen LogP contribution in [0.25, 0.3) is 0 Å². The van der Waals surface area contributed by atoms with Crippen LogP contribution < -0.4 is 10.6 Å². The van der Waals surface area contributed by atoms with E-state index >= 15 is 0 Å². The Balaban J connectivity index is 2.40. The van der Waals surface area contributed by atoms with Gasteiger partial charge in [-0.2, -0.15) is 0 Å². The van der Waals surface area contributed by atoms with Gasteiger partial charge in [-0.15, -0.1) is 11.3 Å². The highest BCUT2D eigenvalue weighted by Crippen LogP contribution is 2.16. The van der Waals surface area contributed by atoms with Gasteiger partial charge in [0.05, 0.1) is 4.88 Å². The molecule has 7 heteroatoms. The summed E-state index contributed by atoms with van der Waals surface area (Å²) in [6, 6.07) is 2.84. The zero-order valence-electron chi connectivity index (χ0n) is 11.6. The van der Waals surface area contributed by atoms with E-state index in [-0.39, 0.29) is 35.2 Å². The Hall–Kier alpha value is -1.89. The number of aromatic carboxylic acids is 1. The molecule has 1 heterocycles. The van der Waals surface area contributed by atoms with Gasteiger partial charge in [0.2, 0.25) is 5.91 Å². The lowest BCUT2D eigenvalue weighted by Gasteiger charge is -2.20. The van der Waals surface area contributed by atoms with Crippen molar-refractivity contribution < 1.29 is 19.5 Å². The molecule has 0 spiro atoms. The summed E-state index contributed by atoms with van der Waals surface area (Å²) < 4.78 is 0. The number of carbonyl (C=O) groups is 3. The minimum atomic E-state index is -1.06. The van der Waals surface area contributed by atoms with E-state index in [2.05, 4.69) is 10.6 Å². The molecule has 2 amide bonds. The average Bonchev–Trinajstić information content (AvgIpc) is 2.75. The van der Waals surface area contributed by atoms with Gasteiger partial charge in [-0.05, 0) is 32.9 Å². The third-order valence-electron chi connectivity index (χ3n) is 2.19. The van der Waals surface area contributed by atoms with Crippen molar-refractivity contribution in [1.82, 2.24) is 10.6 Å². The maximum atomic E-state index is 11.7. The van der Waals surface area contributed by atoms with E-state index in [4.69, 9.17) is 5.11 Å². The molecule has 0 atom stereocenters. The fraction of sp³-hybridized carbons (Fsp3) is 0.462. The van der Waals surface area contributed by atoms with Gasteiger partial charge in [-0.3, -0.25) is 9.59 Å². The summed E-state index contributed by atoms with van der Waals surface area (Å²) in [4.78, 5) is 34.4. The Labute approximate surface area is 121 Å². The van der Waals surface area contributed by atoms with Crippen LogP contribution in [0.3, 0.4) is 0 Å². The van der Waals surface area contributed by atoms with E-state index in [1.54, 1.807) is 0 Å². The van der Waals surface area contributed by atoms with Gasteiger partial charge in [-0.25, -0.2) is 4.79 Å². The highest BCUT2D eigenvalue weighted by atomic mass is 32.1. The molecule has 20 heavy (non-hydrogen) atoms. The second kappa shape index (κ2) is 6.51. The maximum Gasteiger partial charge on any atom is 0.345 e. The van der Waals surface area contributed by atoms with Gasteiger partial charge in [0.25, 0.3) is 5.91 Å². The standard InChI is InChI=1S/C13H18N2O4S/c1-13(2,3)15-10(16)6-7-14-11(17)8-4-5-9(20-8)12(18)19/h4-5H,6-7H2,1-3H3,(H,14,17)(H,15,16)(H,18,19). The van der Waals surface area contributed by atoms with Crippen LogP contribution in [0.15, 0.2) is 12.1 Å². The van der Waals surface area contributed by atoms with Crippen LogP contribution in [-0.2, 0) is 4.79 Å². The molecular formula is C13H18N2O4S. The number of nitrogens with one attached hydrogen (secondary N) is 2. The zero-order chi connectivity index (χ0) is 15.3. The quantitative estimate of drug-likeness (QED) is 0.767. The van der Waals surface area contributed by atoms with Crippen molar-refractivity contribution >= 4 is 29.1 Å². The molecule has 3 N–H and O–H groups in total. The molecular weight excluding hydrogens is 280 g/mol. The average molecular weight is 298 g/mol. The third kappa shape index (κ3) is 5.40. The summed E-state index contributed by atoms with van der Waals surface area (Å²) in [7, 11) is 0. The molecule has 1 rings (SSSR count). The lowest BCUT2D eigenvalue weighted by Crippen LogP contribution is -2.41. The molecule has 0 aliphatic carbocycles. The van der Waals surface area contributed by atoms with E-state index < -0.39 is 5.97 Å². The fourth-order valence-corrected chi connectivity index (χ4v) is 2.19. The predicted molar refractivity (Wildman–Crippen MR) is 76.1 cm³/mol. The minimum Gasteiger partial charge on any atom is -0.477 e. The van der Waals surface area contributed by atoms with Crippen LogP contribution in [0.5, 0.6) is 0 Å². The van der Waals surface area contributed by atoms with Crippen molar-refractivity contribution in [2.45, 2.75) is 32.7 Å². The second-order valence-corrected chi connectivity index (χ2v) is 6.36. The molecule has 0 saturated heterocycles. The Kier molecular flexibility index (Phi) is 5.26. The Morgan fingerprint density at radius 3 is 2.30 bits per heavy atom. The van der Waals surface area contributed by atoms with Crippen LogP contribution in [0.4, 0.5) is 0 Å². The Bertz CT molecular complexity index is 517. The van der Waals surface area contributed by atoms with Crippen LogP contribution in [-0.4, -0.2) is 35.0 Å². The summed E-state index contributed by atoms with van der Waals surface area (Å²) in [5.41, 5.74) is -0.300. The summed E-state index contributed by atoms with van der Waals surface area (Å²) in [6.45, 7) is 5.84. The van der Waals surface area contributed by atoms with Crippen molar-refractivity contribution in [3.63, 3.8) is 0 Å². The largest absolute Gasteiger partial charge is 0.477 e. The normalized spacial score (nSPS) is 10.9. The van der Waals surface area contributed by atoms with Gasteiger partial charge in [-0.1, -0.05) is 0 Å². The minimum absolute atomic E-state index is 0.112. The van der Waals surface area contributed by atoms with E-state index in [0.29, 0.717) is 4.88 Å². The van der Waals surface area contributed by atoms with Gasteiger partial charge >= 0.3 is 5.97 Å². The highest BCUT2D eigenvalue weighted by Gasteiger charge is 2.15. The number of carboxylic acid groups (broad SMARTS) is 1. The van der Waals surface area contributed by atoms with Crippen molar-refractivity contribution in [2.24, 2.45) is 0 Å². The molecule has 0 unspecified atom stereocenters. The van der Waals surface area contributed by atoms with E-state index in [1.807, 2.05) is 20.8 Å². The number of hydrogen-bond acceptors (Lipinski definition) is 4. The van der Waals surface area contributed by atoms with Crippen LogP contribution >= 0.6 is 11.3 Å². The first-order chi connectivity index (χ1) is 9.19. The van der Waals surface area contributed by atoms with Crippen molar-refractivity contribution in [3.05, 3.63) is 21.9 Å². The topological polar surface area (TPSA) is 95.5 Å². The molecule has 110 valence electrons. The fourth-order valence-electron chi connectivity index (χ4n) is 1.43. The maximum absolute atomic E-state index is 11.7. The molecule has 0 aliphatic heterocycles. The first-order valence-electron chi connectivity index (χ1n) is 6.11. The number of carboxylic acids is 1. The molecule has 1 aromatic rings. The van der Waals surface area contributed by atoms with Crippen LogP contribution in [0, 0.1) is 0 Å². The number of amides is 2. The molecule has 0 aromatic carbocycles.